The Morgan fingerprint density at radius 3 is 1.60 bits per heavy atom. The number of rotatable bonds is 0. The van der Waals surface area contributed by atoms with Crippen LogP contribution in [0.4, 0.5) is 0 Å². The van der Waals surface area contributed by atoms with Crippen LogP contribution in [0.2, 0.25) is 0 Å². The summed E-state index contributed by atoms with van der Waals surface area (Å²) in [5.41, 5.74) is 0. The Labute approximate surface area is 70.8 Å². The zero-order chi connectivity index (χ0) is 3.58. The van der Waals surface area contributed by atoms with Gasteiger partial charge in [-0.2, -0.15) is 0 Å². The average molecular weight is 166 g/mol. The van der Waals surface area contributed by atoms with Gasteiger partial charge in [-0.1, -0.05) is 0 Å². The van der Waals surface area contributed by atoms with Crippen LogP contribution in [0.1, 0.15) is 2.85 Å². The van der Waals surface area contributed by atoms with Crippen LogP contribution in [0, 0.1) is 0 Å². The first kappa shape index (κ1) is 9.44. The van der Waals surface area contributed by atoms with E-state index in [0.29, 0.717) is 0 Å². The molecule has 0 aromatic heterocycles. The van der Waals surface area contributed by atoms with Crippen LogP contribution >= 0.6 is 0 Å². The molecule has 0 saturated carbocycles. The van der Waals surface area contributed by atoms with E-state index < -0.39 is 9.17 Å². The topological polar surface area (TPSA) is 63.2 Å². The molecule has 0 aliphatic rings. The Morgan fingerprint density at radius 1 is 1.60 bits per heavy atom. The maximum atomic E-state index is 8.52. The van der Waals surface area contributed by atoms with Crippen molar-refractivity contribution in [2.75, 3.05) is 0 Å². The van der Waals surface area contributed by atoms with E-state index >= 15 is 0 Å². The number of hydrogen-bond acceptors (Lipinski definition) is 3. The molecule has 0 aliphatic heterocycles. The van der Waals surface area contributed by atoms with Crippen LogP contribution in [0.3, 0.4) is 0 Å². The Bertz CT molecular complexity index is 35.9. The minimum Gasteiger partial charge on any atom is -1.00 e. The van der Waals surface area contributed by atoms with Gasteiger partial charge in [0.1, 0.15) is 0 Å². The SMILES string of the molecule is O=[Si]([O-])[O-].[H-].[H-].[Sr+2]. The molecule has 0 atom stereocenters. The van der Waals surface area contributed by atoms with E-state index in [1.54, 1.807) is 0 Å². The van der Waals surface area contributed by atoms with Gasteiger partial charge < -0.3 is 16.9 Å². The van der Waals surface area contributed by atoms with Crippen LogP contribution in [0.5, 0.6) is 0 Å². The first-order chi connectivity index (χ1) is 1.73. The Morgan fingerprint density at radius 2 is 1.60 bits per heavy atom. The fraction of sp³-hybridized carbons (Fsp3) is 0. The molecular weight excluding hydrogens is 164 g/mol. The molecule has 0 aromatic carbocycles. The molecule has 5 heavy (non-hydrogen) atoms. The average Bonchev–Trinajstić information content (AvgIpc) is 0.811. The van der Waals surface area contributed by atoms with Crippen molar-refractivity contribution in [1.82, 2.24) is 0 Å². The predicted octanol–water partition coefficient (Wildman–Crippen LogP) is -3.03. The van der Waals surface area contributed by atoms with E-state index in [0.717, 1.165) is 0 Å². The summed E-state index contributed by atoms with van der Waals surface area (Å²) in [5, 5.41) is 0. The van der Waals surface area contributed by atoms with Crippen molar-refractivity contribution in [2.45, 2.75) is 0 Å². The molecular formula is H2O3SiSr-2. The van der Waals surface area contributed by atoms with Gasteiger partial charge in [-0.05, 0) is 0 Å². The van der Waals surface area contributed by atoms with E-state index in [4.69, 9.17) is 14.1 Å². The minimum atomic E-state index is -3.63. The first-order valence-electron chi connectivity index (χ1n) is 0.612. The molecule has 0 aromatic rings. The third-order valence-corrected chi connectivity index (χ3v) is 0. The second-order valence-corrected chi connectivity index (χ2v) is 0.750. The Balaban J connectivity index is -0.0000000150. The summed E-state index contributed by atoms with van der Waals surface area (Å²) in [6, 6.07) is 0. The molecule has 0 aliphatic carbocycles. The summed E-state index contributed by atoms with van der Waals surface area (Å²) in [4.78, 5) is 17.0. The molecule has 0 saturated heterocycles. The van der Waals surface area contributed by atoms with Crippen LogP contribution < -0.4 is 9.59 Å². The molecule has 0 N–H and O–H groups in total. The second kappa shape index (κ2) is 5.10. The van der Waals surface area contributed by atoms with Gasteiger partial charge in [0, 0.05) is 9.17 Å². The van der Waals surface area contributed by atoms with E-state index in [1.165, 1.54) is 0 Å². The normalized spacial score (nSPS) is 4.80. The molecule has 3 nitrogen and oxygen atoms in total. The molecule has 0 heterocycles. The van der Waals surface area contributed by atoms with Crippen molar-refractivity contribution < 1.29 is 16.9 Å². The monoisotopic (exact) mass is 166 g/mol. The molecule has 28 valence electrons. The zero-order valence-electron chi connectivity index (χ0n) is 4.43. The molecule has 0 amide bonds. The maximum Gasteiger partial charge on any atom is 2.00 e. The molecule has 0 fully saturated rings. The van der Waals surface area contributed by atoms with Gasteiger partial charge in [0.15, 0.2) is 0 Å². The summed E-state index contributed by atoms with van der Waals surface area (Å²) < 4.78 is 8.52. The summed E-state index contributed by atoms with van der Waals surface area (Å²) in [5.74, 6) is 0. The third-order valence-electron chi connectivity index (χ3n) is 0. The van der Waals surface area contributed by atoms with Gasteiger partial charge >= 0.3 is 45.5 Å². The summed E-state index contributed by atoms with van der Waals surface area (Å²) in [6.45, 7) is 0. The van der Waals surface area contributed by atoms with Crippen LogP contribution in [0.25, 0.3) is 0 Å². The van der Waals surface area contributed by atoms with Crippen molar-refractivity contribution in [3.8, 4) is 0 Å². The molecule has 0 spiro atoms. The largest absolute Gasteiger partial charge is 2.00 e. The van der Waals surface area contributed by atoms with Gasteiger partial charge in [0.05, 0.1) is 0 Å². The van der Waals surface area contributed by atoms with Gasteiger partial charge in [0.2, 0.25) is 0 Å². The van der Waals surface area contributed by atoms with E-state index in [9.17, 15) is 0 Å². The molecule has 0 radical (unpaired) electrons. The summed E-state index contributed by atoms with van der Waals surface area (Å²) >= 11 is 0. The zero-order valence-corrected chi connectivity index (χ0v) is 6.91. The smallest absolute Gasteiger partial charge is 1.00 e. The molecule has 0 rings (SSSR count). The second-order valence-electron chi connectivity index (χ2n) is 0.250. The van der Waals surface area contributed by atoms with Gasteiger partial charge in [-0.25, -0.2) is 0 Å². The first-order valence-corrected chi connectivity index (χ1v) is 1.84. The van der Waals surface area contributed by atoms with Gasteiger partial charge in [-0.15, -0.1) is 0 Å². The summed E-state index contributed by atoms with van der Waals surface area (Å²) in [6.07, 6.45) is 0. The Hall–Kier alpha value is 1.10. The summed E-state index contributed by atoms with van der Waals surface area (Å²) in [7, 11) is -3.63. The van der Waals surface area contributed by atoms with E-state index in [1.807, 2.05) is 0 Å². The van der Waals surface area contributed by atoms with Crippen LogP contribution in [-0.4, -0.2) is 54.7 Å². The fourth-order valence-electron chi connectivity index (χ4n) is 0. The standard InChI is InChI=1S/O3Si.Sr.2H/c1-4(2)3;;;/q-2;+2;2*-1. The molecule has 5 heteroatoms. The fourth-order valence-corrected chi connectivity index (χ4v) is 0. The van der Waals surface area contributed by atoms with Crippen molar-refractivity contribution in [2.24, 2.45) is 0 Å². The van der Waals surface area contributed by atoms with Crippen molar-refractivity contribution in [3.05, 3.63) is 0 Å². The minimum absolute atomic E-state index is 0. The van der Waals surface area contributed by atoms with Crippen molar-refractivity contribution in [1.29, 1.82) is 0 Å². The van der Waals surface area contributed by atoms with E-state index in [2.05, 4.69) is 0 Å². The maximum absolute atomic E-state index is 8.52. The van der Waals surface area contributed by atoms with Crippen LogP contribution in [-0.2, 0) is 4.46 Å². The van der Waals surface area contributed by atoms with Gasteiger partial charge in [0.25, 0.3) is 0 Å². The predicted molar refractivity (Wildman–Crippen MR) is 14.4 cm³/mol. The van der Waals surface area contributed by atoms with Gasteiger partial charge in [-0.3, -0.25) is 0 Å². The van der Waals surface area contributed by atoms with Crippen molar-refractivity contribution >= 4 is 54.7 Å². The number of hydrogen-bond donors (Lipinski definition) is 0. The molecule has 0 unspecified atom stereocenters. The quantitative estimate of drug-likeness (QED) is 0.359. The van der Waals surface area contributed by atoms with Crippen molar-refractivity contribution in [3.63, 3.8) is 0 Å². The Kier molecular flexibility index (Phi) is 9.62. The van der Waals surface area contributed by atoms with Crippen LogP contribution in [0.15, 0.2) is 0 Å². The third kappa shape index (κ3) is 40.6. The molecule has 0 bridgehead atoms. The van der Waals surface area contributed by atoms with E-state index in [-0.39, 0.29) is 48.3 Å².